The number of hydrogen-bond acceptors (Lipinski definition) is 3. The second-order valence-corrected chi connectivity index (χ2v) is 4.38. The molecule has 2 rings (SSSR count). The van der Waals surface area contributed by atoms with Crippen LogP contribution in [0.4, 0.5) is 0 Å². The van der Waals surface area contributed by atoms with Crippen molar-refractivity contribution in [3.8, 4) is 5.88 Å². The van der Waals surface area contributed by atoms with Crippen molar-refractivity contribution in [2.75, 3.05) is 7.11 Å². The van der Waals surface area contributed by atoms with Crippen LogP contribution in [0.2, 0.25) is 0 Å². The molecule has 2 aromatic rings. The minimum absolute atomic E-state index is 0.0628. The lowest BCUT2D eigenvalue weighted by molar-refractivity contribution is -0.137. The van der Waals surface area contributed by atoms with Gasteiger partial charge in [-0.15, -0.1) is 0 Å². The lowest BCUT2D eigenvalue weighted by Crippen LogP contribution is -2.07. The van der Waals surface area contributed by atoms with Crippen LogP contribution in [-0.4, -0.2) is 27.7 Å². The number of carbonyl (C=O) groups is 1. The Morgan fingerprint density at radius 3 is 3.06 bits per heavy atom. The van der Waals surface area contributed by atoms with Gasteiger partial charge in [0.05, 0.1) is 18.0 Å². The summed E-state index contributed by atoms with van der Waals surface area (Å²) >= 11 is 2.14. The first kappa shape index (κ1) is 11.2. The van der Waals surface area contributed by atoms with Crippen molar-refractivity contribution in [2.24, 2.45) is 0 Å². The van der Waals surface area contributed by atoms with E-state index in [2.05, 4.69) is 27.6 Å². The van der Waals surface area contributed by atoms with Gasteiger partial charge in [-0.3, -0.25) is 4.79 Å². The van der Waals surface area contributed by atoms with Crippen LogP contribution in [0.5, 0.6) is 5.88 Å². The van der Waals surface area contributed by atoms with E-state index in [0.29, 0.717) is 5.88 Å². The van der Waals surface area contributed by atoms with Gasteiger partial charge < -0.3 is 14.4 Å². The molecule has 5 nitrogen and oxygen atoms in total. The highest BCUT2D eigenvalue weighted by atomic mass is 127. The van der Waals surface area contributed by atoms with E-state index in [-0.39, 0.29) is 6.54 Å². The molecule has 0 aliphatic rings. The van der Waals surface area contributed by atoms with Crippen LogP contribution >= 0.6 is 22.6 Å². The fourth-order valence-corrected chi connectivity index (χ4v) is 2.44. The highest BCUT2D eigenvalue weighted by molar-refractivity contribution is 14.1. The highest BCUT2D eigenvalue weighted by Gasteiger charge is 2.13. The quantitative estimate of drug-likeness (QED) is 0.870. The first-order valence-electron chi connectivity index (χ1n) is 4.52. The number of fused-ring (bicyclic) bond motifs is 1. The molecule has 2 aromatic heterocycles. The molecule has 84 valence electrons. The van der Waals surface area contributed by atoms with Gasteiger partial charge >= 0.3 is 5.97 Å². The molecule has 0 fully saturated rings. The molecular weight excluding hydrogens is 323 g/mol. The lowest BCUT2D eigenvalue weighted by atomic mass is 10.3. The van der Waals surface area contributed by atoms with Gasteiger partial charge in [0, 0.05) is 16.0 Å². The third-order valence-corrected chi connectivity index (χ3v) is 3.03. The molecule has 0 aromatic carbocycles. The van der Waals surface area contributed by atoms with Crippen LogP contribution in [0, 0.1) is 3.57 Å². The van der Waals surface area contributed by atoms with Crippen LogP contribution in [-0.2, 0) is 11.3 Å². The summed E-state index contributed by atoms with van der Waals surface area (Å²) in [5, 5.41) is 9.65. The number of hydrogen-bond donors (Lipinski definition) is 1. The van der Waals surface area contributed by atoms with Crippen molar-refractivity contribution < 1.29 is 14.6 Å². The zero-order valence-electron chi connectivity index (χ0n) is 8.48. The molecule has 0 radical (unpaired) electrons. The van der Waals surface area contributed by atoms with E-state index >= 15 is 0 Å². The second kappa shape index (κ2) is 4.28. The summed E-state index contributed by atoms with van der Waals surface area (Å²) in [7, 11) is 1.55. The van der Waals surface area contributed by atoms with Crippen molar-refractivity contribution >= 4 is 39.5 Å². The molecule has 0 aliphatic carbocycles. The Labute approximate surface area is 105 Å². The molecule has 16 heavy (non-hydrogen) atoms. The van der Waals surface area contributed by atoms with Gasteiger partial charge in [-0.25, -0.2) is 4.98 Å². The molecule has 0 aliphatic heterocycles. The van der Waals surface area contributed by atoms with Crippen molar-refractivity contribution in [1.82, 2.24) is 9.55 Å². The van der Waals surface area contributed by atoms with Gasteiger partial charge in [0.2, 0.25) is 5.88 Å². The molecular formula is C10H9IN2O3. The van der Waals surface area contributed by atoms with E-state index in [0.717, 1.165) is 14.5 Å². The second-order valence-electron chi connectivity index (χ2n) is 3.21. The van der Waals surface area contributed by atoms with Gasteiger partial charge in [-0.2, -0.15) is 0 Å². The molecule has 0 bridgehead atoms. The fourth-order valence-electron chi connectivity index (χ4n) is 1.60. The maximum absolute atomic E-state index is 10.7. The predicted octanol–water partition coefficient (Wildman–Crippen LogP) is 1.73. The van der Waals surface area contributed by atoms with Crippen LogP contribution in [0.25, 0.3) is 10.9 Å². The zero-order chi connectivity index (χ0) is 11.7. The van der Waals surface area contributed by atoms with Crippen LogP contribution in [0.3, 0.4) is 0 Å². The topological polar surface area (TPSA) is 64.4 Å². The summed E-state index contributed by atoms with van der Waals surface area (Å²) in [5.41, 5.74) is 0.818. The number of aliphatic carboxylic acids is 1. The van der Waals surface area contributed by atoms with Crippen molar-refractivity contribution in [2.45, 2.75) is 6.54 Å². The first-order chi connectivity index (χ1) is 7.63. The number of aromatic nitrogens is 2. The van der Waals surface area contributed by atoms with E-state index in [4.69, 9.17) is 9.84 Å². The van der Waals surface area contributed by atoms with Gasteiger partial charge in [0.15, 0.2) is 0 Å². The largest absolute Gasteiger partial charge is 0.480 e. The molecule has 2 heterocycles. The number of halogens is 1. The standard InChI is InChI=1S/C10H9IN2O3/c1-16-10-9-6(11)4-13(5-8(14)15)7(9)2-3-12-10/h2-4H,5H2,1H3,(H,14,15). The molecule has 0 atom stereocenters. The van der Waals surface area contributed by atoms with E-state index in [1.165, 1.54) is 0 Å². The first-order valence-corrected chi connectivity index (χ1v) is 5.60. The van der Waals surface area contributed by atoms with Crippen LogP contribution < -0.4 is 4.74 Å². The molecule has 0 saturated heterocycles. The number of nitrogens with zero attached hydrogens (tertiary/aromatic N) is 2. The average Bonchev–Trinajstić information content (AvgIpc) is 2.55. The summed E-state index contributed by atoms with van der Waals surface area (Å²) in [6.07, 6.45) is 3.39. The average molecular weight is 332 g/mol. The fraction of sp³-hybridized carbons (Fsp3) is 0.200. The predicted molar refractivity (Wildman–Crippen MR) is 66.6 cm³/mol. The van der Waals surface area contributed by atoms with E-state index in [1.54, 1.807) is 30.1 Å². The van der Waals surface area contributed by atoms with Crippen LogP contribution in [0.15, 0.2) is 18.5 Å². The molecule has 0 saturated carbocycles. The number of carboxylic acids is 1. The maximum atomic E-state index is 10.7. The van der Waals surface area contributed by atoms with Gasteiger partial charge in [-0.05, 0) is 28.7 Å². The van der Waals surface area contributed by atoms with Gasteiger partial charge in [0.1, 0.15) is 6.54 Å². The Kier molecular flexibility index (Phi) is 2.99. The zero-order valence-corrected chi connectivity index (χ0v) is 10.6. The van der Waals surface area contributed by atoms with E-state index in [9.17, 15) is 4.79 Å². The highest BCUT2D eigenvalue weighted by Crippen LogP contribution is 2.29. The van der Waals surface area contributed by atoms with Crippen molar-refractivity contribution in [3.05, 3.63) is 22.0 Å². The monoisotopic (exact) mass is 332 g/mol. The summed E-state index contributed by atoms with van der Waals surface area (Å²) < 4.78 is 7.75. The van der Waals surface area contributed by atoms with Crippen molar-refractivity contribution in [1.29, 1.82) is 0 Å². The van der Waals surface area contributed by atoms with E-state index < -0.39 is 5.97 Å². The summed E-state index contributed by atoms with van der Waals surface area (Å²) in [6.45, 7) is -0.0628. The lowest BCUT2D eigenvalue weighted by Gasteiger charge is -2.03. The molecule has 6 heteroatoms. The molecule has 1 N–H and O–H groups in total. The SMILES string of the molecule is COc1nccc2c1c(I)cn2CC(=O)O. The van der Waals surface area contributed by atoms with Crippen LogP contribution in [0.1, 0.15) is 0 Å². The number of pyridine rings is 1. The summed E-state index contributed by atoms with van der Waals surface area (Å²) in [5.74, 6) is -0.352. The minimum Gasteiger partial charge on any atom is -0.480 e. The smallest absolute Gasteiger partial charge is 0.323 e. The van der Waals surface area contributed by atoms with Gasteiger partial charge in [0.25, 0.3) is 0 Å². The summed E-state index contributed by atoms with van der Waals surface area (Å²) in [6, 6.07) is 1.78. The Balaban J connectivity index is 2.66. The molecule has 0 spiro atoms. The third kappa shape index (κ3) is 1.84. The maximum Gasteiger partial charge on any atom is 0.323 e. The van der Waals surface area contributed by atoms with Crippen molar-refractivity contribution in [3.63, 3.8) is 0 Å². The Bertz CT molecular complexity index is 550. The van der Waals surface area contributed by atoms with E-state index in [1.807, 2.05) is 0 Å². The number of carboxylic acid groups (broad SMARTS) is 1. The van der Waals surface area contributed by atoms with Gasteiger partial charge in [-0.1, -0.05) is 0 Å². The Morgan fingerprint density at radius 1 is 1.69 bits per heavy atom. The third-order valence-electron chi connectivity index (χ3n) is 2.21. The molecule has 0 unspecified atom stereocenters. The number of ether oxygens (including phenoxy) is 1. The summed E-state index contributed by atoms with van der Waals surface area (Å²) in [4.78, 5) is 14.8. The Morgan fingerprint density at radius 2 is 2.44 bits per heavy atom. The molecule has 0 amide bonds. The number of rotatable bonds is 3. The minimum atomic E-state index is -0.871. The Hall–Kier alpha value is -1.31. The normalized spacial score (nSPS) is 10.6. The number of methoxy groups -OCH3 is 1.